The predicted octanol–water partition coefficient (Wildman–Crippen LogP) is 4.03. The molecule has 7 nitrogen and oxygen atoms in total. The number of para-hydroxylation sites is 1. The van der Waals surface area contributed by atoms with Crippen LogP contribution in [0.4, 0.5) is 5.69 Å². The molecule has 0 saturated carbocycles. The van der Waals surface area contributed by atoms with Crippen molar-refractivity contribution in [3.63, 3.8) is 0 Å². The van der Waals surface area contributed by atoms with Gasteiger partial charge in [0.2, 0.25) is 5.91 Å². The Balaban J connectivity index is 1.44. The first-order valence-corrected chi connectivity index (χ1v) is 10.4. The van der Waals surface area contributed by atoms with Crippen LogP contribution in [0, 0.1) is 0 Å². The lowest BCUT2D eigenvalue weighted by Crippen LogP contribution is -2.14. The Labute approximate surface area is 177 Å². The fourth-order valence-corrected chi connectivity index (χ4v) is 3.77. The van der Waals surface area contributed by atoms with Crippen molar-refractivity contribution in [2.75, 3.05) is 24.3 Å². The maximum absolute atomic E-state index is 12.2. The van der Waals surface area contributed by atoms with Crippen molar-refractivity contribution in [3.05, 3.63) is 47.5 Å². The number of benzene rings is 2. The molecule has 3 aromatic rings. The molecular formula is C20H19ClN4O3S. The minimum atomic E-state index is -0.164. The fourth-order valence-electron chi connectivity index (χ4n) is 2.87. The lowest BCUT2D eigenvalue weighted by atomic mass is 10.2. The number of hydrogen-bond acceptors (Lipinski definition) is 6. The summed E-state index contributed by atoms with van der Waals surface area (Å²) >= 11 is 7.38. The predicted molar refractivity (Wildman–Crippen MR) is 113 cm³/mol. The van der Waals surface area contributed by atoms with E-state index in [4.69, 9.17) is 21.1 Å². The van der Waals surface area contributed by atoms with Crippen molar-refractivity contribution in [1.29, 1.82) is 0 Å². The van der Waals surface area contributed by atoms with E-state index >= 15 is 0 Å². The zero-order chi connectivity index (χ0) is 20.2. The summed E-state index contributed by atoms with van der Waals surface area (Å²) in [6, 6.07) is 12.8. The maximum Gasteiger partial charge on any atom is 0.234 e. The molecule has 0 spiro atoms. The second kappa shape index (κ2) is 8.75. The largest absolute Gasteiger partial charge is 0.490 e. The van der Waals surface area contributed by atoms with Crippen molar-refractivity contribution >= 4 is 35.0 Å². The normalized spacial score (nSPS) is 13.0. The molecule has 150 valence electrons. The first kappa shape index (κ1) is 19.6. The van der Waals surface area contributed by atoms with Gasteiger partial charge in [-0.2, -0.15) is 0 Å². The number of carbonyl (C=O) groups excluding carboxylic acids is 1. The van der Waals surface area contributed by atoms with Crippen LogP contribution < -0.4 is 14.8 Å². The average molecular weight is 431 g/mol. The molecule has 0 saturated heterocycles. The van der Waals surface area contributed by atoms with Gasteiger partial charge in [-0.15, -0.1) is 10.2 Å². The van der Waals surface area contributed by atoms with Crippen LogP contribution in [0.1, 0.15) is 6.42 Å². The quantitative estimate of drug-likeness (QED) is 0.616. The molecule has 0 atom stereocenters. The first-order chi connectivity index (χ1) is 14.1. The van der Waals surface area contributed by atoms with E-state index in [1.807, 2.05) is 41.9 Å². The molecule has 0 aliphatic carbocycles. The number of aromatic nitrogens is 3. The van der Waals surface area contributed by atoms with E-state index in [9.17, 15) is 4.79 Å². The van der Waals surface area contributed by atoms with Crippen LogP contribution in [0.3, 0.4) is 0 Å². The Morgan fingerprint density at radius 1 is 1.17 bits per heavy atom. The summed E-state index contributed by atoms with van der Waals surface area (Å²) in [6.45, 7) is 1.27. The number of ether oxygens (including phenoxy) is 2. The highest BCUT2D eigenvalue weighted by Crippen LogP contribution is 2.34. The van der Waals surface area contributed by atoms with Crippen molar-refractivity contribution in [3.8, 4) is 22.9 Å². The SMILES string of the molecule is Cn1c(SCC(=O)Nc2ccccc2Cl)nnc1-c1ccc2c(c1)OCCCO2. The van der Waals surface area contributed by atoms with E-state index in [1.54, 1.807) is 12.1 Å². The number of carbonyl (C=O) groups is 1. The van der Waals surface area contributed by atoms with E-state index in [2.05, 4.69) is 15.5 Å². The van der Waals surface area contributed by atoms with Crippen molar-refractivity contribution in [2.24, 2.45) is 7.05 Å². The maximum atomic E-state index is 12.2. The van der Waals surface area contributed by atoms with Gasteiger partial charge in [0.25, 0.3) is 0 Å². The summed E-state index contributed by atoms with van der Waals surface area (Å²) < 4.78 is 13.3. The molecule has 29 heavy (non-hydrogen) atoms. The van der Waals surface area contributed by atoms with Gasteiger partial charge in [-0.1, -0.05) is 35.5 Å². The van der Waals surface area contributed by atoms with E-state index in [0.717, 1.165) is 17.7 Å². The summed E-state index contributed by atoms with van der Waals surface area (Å²) in [6.07, 6.45) is 0.852. The van der Waals surface area contributed by atoms with Crippen LogP contribution in [-0.2, 0) is 11.8 Å². The minimum absolute atomic E-state index is 0.164. The monoisotopic (exact) mass is 430 g/mol. The number of anilines is 1. The van der Waals surface area contributed by atoms with Crippen LogP contribution in [0.5, 0.6) is 11.5 Å². The Kier molecular flexibility index (Phi) is 5.92. The Morgan fingerprint density at radius 3 is 2.79 bits per heavy atom. The first-order valence-electron chi connectivity index (χ1n) is 9.08. The molecule has 1 aliphatic rings. The van der Waals surface area contributed by atoms with Gasteiger partial charge in [0.15, 0.2) is 22.5 Å². The van der Waals surface area contributed by atoms with Crippen molar-refractivity contribution in [1.82, 2.24) is 14.8 Å². The lowest BCUT2D eigenvalue weighted by molar-refractivity contribution is -0.113. The fraction of sp³-hybridized carbons (Fsp3) is 0.250. The molecule has 1 aromatic heterocycles. The van der Waals surface area contributed by atoms with Gasteiger partial charge < -0.3 is 19.4 Å². The highest BCUT2D eigenvalue weighted by Gasteiger charge is 2.17. The highest BCUT2D eigenvalue weighted by molar-refractivity contribution is 7.99. The molecule has 0 radical (unpaired) electrons. The average Bonchev–Trinajstić information content (AvgIpc) is 2.93. The van der Waals surface area contributed by atoms with Crippen LogP contribution in [-0.4, -0.2) is 39.6 Å². The summed E-state index contributed by atoms with van der Waals surface area (Å²) in [5.74, 6) is 2.16. The molecule has 1 amide bonds. The topological polar surface area (TPSA) is 78.3 Å². The lowest BCUT2D eigenvalue weighted by Gasteiger charge is -2.09. The zero-order valence-electron chi connectivity index (χ0n) is 15.7. The van der Waals surface area contributed by atoms with Crippen molar-refractivity contribution in [2.45, 2.75) is 11.6 Å². The van der Waals surface area contributed by atoms with Gasteiger partial charge in [0.05, 0.1) is 29.7 Å². The van der Waals surface area contributed by atoms with Crippen LogP contribution in [0.2, 0.25) is 5.02 Å². The third-order valence-corrected chi connectivity index (χ3v) is 5.67. The highest BCUT2D eigenvalue weighted by atomic mass is 35.5. The summed E-state index contributed by atoms with van der Waals surface area (Å²) in [5.41, 5.74) is 1.46. The second-order valence-corrected chi connectivity index (χ2v) is 7.74. The Morgan fingerprint density at radius 2 is 1.97 bits per heavy atom. The number of nitrogens with one attached hydrogen (secondary N) is 1. The molecule has 2 aromatic carbocycles. The molecular weight excluding hydrogens is 412 g/mol. The number of halogens is 1. The van der Waals surface area contributed by atoms with Crippen LogP contribution in [0.25, 0.3) is 11.4 Å². The van der Waals surface area contributed by atoms with Crippen molar-refractivity contribution < 1.29 is 14.3 Å². The molecule has 0 unspecified atom stereocenters. The zero-order valence-corrected chi connectivity index (χ0v) is 17.3. The number of hydrogen-bond donors (Lipinski definition) is 1. The van der Waals surface area contributed by atoms with E-state index < -0.39 is 0 Å². The molecule has 1 N–H and O–H groups in total. The summed E-state index contributed by atoms with van der Waals surface area (Å²) in [4.78, 5) is 12.2. The van der Waals surface area contributed by atoms with Gasteiger partial charge in [-0.3, -0.25) is 4.79 Å². The second-order valence-electron chi connectivity index (χ2n) is 6.39. The van der Waals surface area contributed by atoms with Gasteiger partial charge in [0, 0.05) is 19.0 Å². The van der Waals surface area contributed by atoms with E-state index in [0.29, 0.717) is 40.7 Å². The number of thioether (sulfide) groups is 1. The Hall–Kier alpha value is -2.71. The molecule has 0 bridgehead atoms. The summed E-state index contributed by atoms with van der Waals surface area (Å²) in [7, 11) is 1.87. The van der Waals surface area contributed by atoms with Gasteiger partial charge in [-0.05, 0) is 30.3 Å². The van der Waals surface area contributed by atoms with Gasteiger partial charge in [0.1, 0.15) is 0 Å². The van der Waals surface area contributed by atoms with E-state index in [1.165, 1.54) is 11.8 Å². The third kappa shape index (κ3) is 4.49. The van der Waals surface area contributed by atoms with Crippen LogP contribution >= 0.6 is 23.4 Å². The molecule has 9 heteroatoms. The number of fused-ring (bicyclic) bond motifs is 1. The molecule has 0 fully saturated rings. The standard InChI is InChI=1S/C20H19ClN4O3S/c1-25-19(13-7-8-16-17(11-13)28-10-4-9-27-16)23-24-20(25)29-12-18(26)22-15-6-3-2-5-14(15)21/h2-3,5-8,11H,4,9-10,12H2,1H3,(H,22,26). The molecule has 4 rings (SSSR count). The van der Waals surface area contributed by atoms with Gasteiger partial charge >= 0.3 is 0 Å². The van der Waals surface area contributed by atoms with Crippen LogP contribution in [0.15, 0.2) is 47.6 Å². The van der Waals surface area contributed by atoms with Gasteiger partial charge in [-0.25, -0.2) is 0 Å². The van der Waals surface area contributed by atoms with E-state index in [-0.39, 0.29) is 11.7 Å². The molecule has 2 heterocycles. The Bertz CT molecular complexity index is 1040. The third-order valence-electron chi connectivity index (χ3n) is 4.32. The smallest absolute Gasteiger partial charge is 0.234 e. The molecule has 1 aliphatic heterocycles. The summed E-state index contributed by atoms with van der Waals surface area (Å²) in [5, 5.41) is 12.4. The number of amides is 1. The number of nitrogens with zero attached hydrogens (tertiary/aromatic N) is 3. The number of rotatable bonds is 5. The minimum Gasteiger partial charge on any atom is -0.490 e.